The highest BCUT2D eigenvalue weighted by atomic mass is 16.2. The van der Waals surface area contributed by atoms with E-state index in [9.17, 15) is 4.79 Å². The number of rotatable bonds is 7. The van der Waals surface area contributed by atoms with E-state index in [1.54, 1.807) is 0 Å². The number of benzene rings is 1. The van der Waals surface area contributed by atoms with Crippen LogP contribution in [0.25, 0.3) is 0 Å². The summed E-state index contributed by atoms with van der Waals surface area (Å²) in [5.74, 6) is 1.95. The molecule has 1 aromatic carbocycles. The number of piperidine rings is 1. The second-order valence-electron chi connectivity index (χ2n) is 7.64. The molecule has 1 aromatic rings. The average molecular weight is 331 g/mol. The predicted octanol–water partition coefficient (Wildman–Crippen LogP) is 4.15. The van der Waals surface area contributed by atoms with Crippen LogP contribution in [0.5, 0.6) is 0 Å². The summed E-state index contributed by atoms with van der Waals surface area (Å²) in [4.78, 5) is 14.7. The molecular weight excluding hydrogens is 296 g/mol. The Hall–Kier alpha value is -1.35. The standard InChI is InChI=1S/C21H34N2O/c1-16(2)19-5-7-20(8-6-19)17(3)15-21(24)23-13-10-18(11-14-23)9-12-22-4/h5-8,16-18,22H,9-15H2,1-4H3. The lowest BCUT2D eigenvalue weighted by atomic mass is 9.91. The fourth-order valence-electron chi connectivity index (χ4n) is 3.54. The summed E-state index contributed by atoms with van der Waals surface area (Å²) < 4.78 is 0. The van der Waals surface area contributed by atoms with Crippen LogP contribution >= 0.6 is 0 Å². The van der Waals surface area contributed by atoms with Crippen molar-refractivity contribution in [3.8, 4) is 0 Å². The van der Waals surface area contributed by atoms with Gasteiger partial charge in [0.25, 0.3) is 0 Å². The molecule has 3 nitrogen and oxygen atoms in total. The van der Waals surface area contributed by atoms with Crippen molar-refractivity contribution < 1.29 is 4.79 Å². The molecule has 0 aliphatic carbocycles. The maximum Gasteiger partial charge on any atom is 0.223 e. The monoisotopic (exact) mass is 330 g/mol. The zero-order chi connectivity index (χ0) is 17.5. The van der Waals surface area contributed by atoms with Crippen LogP contribution in [0.2, 0.25) is 0 Å². The number of hydrogen-bond acceptors (Lipinski definition) is 2. The highest BCUT2D eigenvalue weighted by Crippen LogP contribution is 2.25. The van der Waals surface area contributed by atoms with E-state index in [1.165, 1.54) is 17.5 Å². The van der Waals surface area contributed by atoms with Gasteiger partial charge in [0.05, 0.1) is 0 Å². The molecule has 1 saturated heterocycles. The summed E-state index contributed by atoms with van der Waals surface area (Å²) in [6.45, 7) is 9.55. The molecule has 1 unspecified atom stereocenters. The Kier molecular flexibility index (Phi) is 7.29. The minimum atomic E-state index is 0.292. The highest BCUT2D eigenvalue weighted by molar-refractivity contribution is 5.77. The second kappa shape index (κ2) is 9.22. The summed E-state index contributed by atoms with van der Waals surface area (Å²) in [5.41, 5.74) is 2.64. The molecule has 1 amide bonds. The Morgan fingerprint density at radius 2 is 1.71 bits per heavy atom. The first-order valence-corrected chi connectivity index (χ1v) is 9.53. The first kappa shape index (κ1) is 19.0. The molecule has 24 heavy (non-hydrogen) atoms. The summed E-state index contributed by atoms with van der Waals surface area (Å²) in [5, 5.41) is 3.22. The quantitative estimate of drug-likeness (QED) is 0.814. The lowest BCUT2D eigenvalue weighted by Gasteiger charge is -2.32. The highest BCUT2D eigenvalue weighted by Gasteiger charge is 2.23. The minimum absolute atomic E-state index is 0.292. The third-order valence-corrected chi connectivity index (χ3v) is 5.42. The van der Waals surface area contributed by atoms with Gasteiger partial charge in [-0.25, -0.2) is 0 Å². The Labute approximate surface area is 147 Å². The fraction of sp³-hybridized carbons (Fsp3) is 0.667. The molecule has 3 heteroatoms. The van der Waals surface area contributed by atoms with Gasteiger partial charge >= 0.3 is 0 Å². The summed E-state index contributed by atoms with van der Waals surface area (Å²) in [6.07, 6.45) is 4.18. The Bertz CT molecular complexity index is 501. The first-order valence-electron chi connectivity index (χ1n) is 9.53. The van der Waals surface area contributed by atoms with Gasteiger partial charge in [-0.05, 0) is 61.7 Å². The zero-order valence-electron chi connectivity index (χ0n) is 15.8. The van der Waals surface area contributed by atoms with Gasteiger partial charge in [0, 0.05) is 19.5 Å². The second-order valence-corrected chi connectivity index (χ2v) is 7.64. The van der Waals surface area contributed by atoms with Crippen molar-refractivity contribution >= 4 is 5.91 Å². The summed E-state index contributed by atoms with van der Waals surface area (Å²) in [6, 6.07) is 8.79. The van der Waals surface area contributed by atoms with Crippen LogP contribution in [-0.4, -0.2) is 37.5 Å². The third kappa shape index (κ3) is 5.34. The number of carbonyl (C=O) groups excluding carboxylic acids is 1. The van der Waals surface area contributed by atoms with Gasteiger partial charge in [0.1, 0.15) is 0 Å². The van der Waals surface area contributed by atoms with E-state index in [4.69, 9.17) is 0 Å². The number of nitrogens with one attached hydrogen (secondary N) is 1. The Morgan fingerprint density at radius 1 is 1.12 bits per heavy atom. The van der Waals surface area contributed by atoms with E-state index >= 15 is 0 Å². The van der Waals surface area contributed by atoms with Crippen LogP contribution in [-0.2, 0) is 4.79 Å². The van der Waals surface area contributed by atoms with E-state index in [0.717, 1.165) is 38.4 Å². The molecule has 0 spiro atoms. The molecule has 1 atom stereocenters. The van der Waals surface area contributed by atoms with Crippen molar-refractivity contribution in [2.75, 3.05) is 26.7 Å². The maximum absolute atomic E-state index is 12.6. The van der Waals surface area contributed by atoms with E-state index in [1.807, 2.05) is 7.05 Å². The van der Waals surface area contributed by atoms with Gasteiger partial charge in [-0.2, -0.15) is 0 Å². The molecule has 1 fully saturated rings. The smallest absolute Gasteiger partial charge is 0.223 e. The number of likely N-dealkylation sites (tertiary alicyclic amines) is 1. The van der Waals surface area contributed by atoms with E-state index in [2.05, 4.69) is 55.3 Å². The summed E-state index contributed by atoms with van der Waals surface area (Å²) in [7, 11) is 2.01. The lowest BCUT2D eigenvalue weighted by molar-refractivity contribution is -0.132. The van der Waals surface area contributed by atoms with Crippen molar-refractivity contribution in [2.24, 2.45) is 5.92 Å². The average Bonchev–Trinajstić information content (AvgIpc) is 2.60. The first-order chi connectivity index (χ1) is 11.5. The molecule has 0 radical (unpaired) electrons. The third-order valence-electron chi connectivity index (χ3n) is 5.42. The van der Waals surface area contributed by atoms with Crippen molar-refractivity contribution in [1.82, 2.24) is 10.2 Å². The molecule has 0 saturated carbocycles. The predicted molar refractivity (Wildman–Crippen MR) is 101 cm³/mol. The van der Waals surface area contributed by atoms with Crippen LogP contribution in [0.3, 0.4) is 0 Å². The van der Waals surface area contributed by atoms with Crippen LogP contribution in [0.4, 0.5) is 0 Å². The van der Waals surface area contributed by atoms with Crippen molar-refractivity contribution in [3.05, 3.63) is 35.4 Å². The Morgan fingerprint density at radius 3 is 2.25 bits per heavy atom. The number of hydrogen-bond donors (Lipinski definition) is 1. The van der Waals surface area contributed by atoms with Gasteiger partial charge in [-0.1, -0.05) is 45.0 Å². The largest absolute Gasteiger partial charge is 0.343 e. The van der Waals surface area contributed by atoms with Crippen molar-refractivity contribution in [3.63, 3.8) is 0 Å². The van der Waals surface area contributed by atoms with Crippen LogP contribution in [0.1, 0.15) is 69.4 Å². The van der Waals surface area contributed by atoms with Gasteiger partial charge < -0.3 is 10.2 Å². The van der Waals surface area contributed by atoms with Crippen LogP contribution < -0.4 is 5.32 Å². The van der Waals surface area contributed by atoms with E-state index < -0.39 is 0 Å². The van der Waals surface area contributed by atoms with E-state index in [-0.39, 0.29) is 0 Å². The molecule has 1 N–H and O–H groups in total. The lowest BCUT2D eigenvalue weighted by Crippen LogP contribution is -2.39. The number of nitrogens with zero attached hydrogens (tertiary/aromatic N) is 1. The van der Waals surface area contributed by atoms with Gasteiger partial charge in [0.2, 0.25) is 5.91 Å². The van der Waals surface area contributed by atoms with Gasteiger partial charge in [0.15, 0.2) is 0 Å². The minimum Gasteiger partial charge on any atom is -0.343 e. The van der Waals surface area contributed by atoms with Crippen LogP contribution in [0, 0.1) is 5.92 Å². The number of carbonyl (C=O) groups is 1. The maximum atomic E-state index is 12.6. The van der Waals surface area contributed by atoms with Crippen molar-refractivity contribution in [2.45, 2.75) is 58.3 Å². The normalized spacial score (nSPS) is 17.3. The van der Waals surface area contributed by atoms with Crippen molar-refractivity contribution in [1.29, 1.82) is 0 Å². The SMILES string of the molecule is CNCCC1CCN(C(=O)CC(C)c2ccc(C(C)C)cc2)CC1. The van der Waals surface area contributed by atoms with Gasteiger partial charge in [-0.15, -0.1) is 0 Å². The zero-order valence-corrected chi connectivity index (χ0v) is 15.8. The molecule has 134 valence electrons. The topological polar surface area (TPSA) is 32.3 Å². The molecule has 1 heterocycles. The van der Waals surface area contributed by atoms with E-state index in [0.29, 0.717) is 24.2 Å². The molecule has 0 bridgehead atoms. The molecule has 1 aliphatic heterocycles. The molecule has 0 aromatic heterocycles. The number of amides is 1. The molecule has 1 aliphatic rings. The van der Waals surface area contributed by atoms with Crippen LogP contribution in [0.15, 0.2) is 24.3 Å². The Balaban J connectivity index is 1.81. The fourth-order valence-corrected chi connectivity index (χ4v) is 3.54. The molecular formula is C21H34N2O. The molecule has 2 rings (SSSR count). The summed E-state index contributed by atoms with van der Waals surface area (Å²) >= 11 is 0. The van der Waals surface area contributed by atoms with Gasteiger partial charge in [-0.3, -0.25) is 4.79 Å².